The Kier molecular flexibility index (Phi) is 7.59. The minimum Gasteiger partial charge on any atom is -0.452 e. The Morgan fingerprint density at radius 1 is 0.718 bits per heavy atom. The molecule has 1 aliphatic heterocycles. The van der Waals surface area contributed by atoms with Gasteiger partial charge in [0.1, 0.15) is 0 Å². The van der Waals surface area contributed by atoms with Gasteiger partial charge < -0.3 is 10.1 Å². The van der Waals surface area contributed by atoms with Crippen molar-refractivity contribution in [2.75, 3.05) is 13.2 Å². The molecule has 7 nitrogen and oxygen atoms in total. The van der Waals surface area contributed by atoms with E-state index in [-0.39, 0.29) is 23.2 Å². The maximum absolute atomic E-state index is 12.9. The number of rotatable bonds is 9. The van der Waals surface area contributed by atoms with Gasteiger partial charge in [0.15, 0.2) is 6.61 Å². The molecule has 0 aromatic heterocycles. The van der Waals surface area contributed by atoms with Crippen LogP contribution >= 0.6 is 0 Å². The summed E-state index contributed by atoms with van der Waals surface area (Å²) in [6.07, 6.45) is 0.531. The van der Waals surface area contributed by atoms with Crippen molar-refractivity contribution in [2.24, 2.45) is 0 Å². The number of hydrogen-bond acceptors (Lipinski definition) is 5. The van der Waals surface area contributed by atoms with Gasteiger partial charge in [0, 0.05) is 6.54 Å². The lowest BCUT2D eigenvalue weighted by atomic mass is 9.99. The fraction of sp³-hybridized carbons (Fsp3) is 0.125. The number of benzene rings is 4. The number of carbonyl (C=O) groups is 4. The molecule has 1 aliphatic rings. The van der Waals surface area contributed by atoms with Crippen LogP contribution in [-0.4, -0.2) is 41.7 Å². The van der Waals surface area contributed by atoms with Gasteiger partial charge in [0.2, 0.25) is 0 Å². The van der Waals surface area contributed by atoms with E-state index in [1.54, 1.807) is 0 Å². The number of amides is 3. The fourth-order valence-corrected chi connectivity index (χ4v) is 4.57. The molecule has 7 heteroatoms. The van der Waals surface area contributed by atoms with Crippen molar-refractivity contribution in [3.8, 4) is 0 Å². The summed E-state index contributed by atoms with van der Waals surface area (Å²) in [4.78, 5) is 52.4. The molecule has 4 aromatic rings. The van der Waals surface area contributed by atoms with Gasteiger partial charge in [0.05, 0.1) is 22.7 Å². The molecule has 0 radical (unpaired) electrons. The van der Waals surface area contributed by atoms with Crippen molar-refractivity contribution in [3.63, 3.8) is 0 Å². The number of ether oxygens (including phenoxy) is 1. The lowest BCUT2D eigenvalue weighted by Crippen LogP contribution is -2.33. The van der Waals surface area contributed by atoms with E-state index in [1.165, 1.54) is 23.1 Å². The number of imide groups is 1. The first-order chi connectivity index (χ1) is 19.0. The number of hydrogen-bond donors (Lipinski definition) is 1. The van der Waals surface area contributed by atoms with Gasteiger partial charge >= 0.3 is 5.97 Å². The standard InChI is InChI=1S/C32H26N2O5/c35-28(33-29(23-12-6-2-7-13-23)24-14-8-3-9-15-24)21-39-32(38)25-16-17-26-27(20-25)31(37)34(30(26)36)19-18-22-10-4-1-5-11-22/h1-17,20,29H,18-19,21H2,(H,33,35). The molecule has 5 rings (SSSR count). The van der Waals surface area contributed by atoms with Crippen molar-refractivity contribution in [3.05, 3.63) is 143 Å². The first-order valence-electron chi connectivity index (χ1n) is 12.6. The van der Waals surface area contributed by atoms with Crippen molar-refractivity contribution < 1.29 is 23.9 Å². The van der Waals surface area contributed by atoms with Crippen LogP contribution in [0.15, 0.2) is 109 Å². The van der Waals surface area contributed by atoms with Crippen LogP contribution in [0, 0.1) is 0 Å². The lowest BCUT2D eigenvalue weighted by Gasteiger charge is -2.20. The highest BCUT2D eigenvalue weighted by Gasteiger charge is 2.35. The third-order valence-corrected chi connectivity index (χ3v) is 6.58. The molecule has 1 heterocycles. The van der Waals surface area contributed by atoms with Crippen LogP contribution in [0.2, 0.25) is 0 Å². The Labute approximate surface area is 226 Å². The SMILES string of the molecule is O=C(COC(=O)c1ccc2c(c1)C(=O)N(CCc1ccccc1)C2=O)NC(c1ccccc1)c1ccccc1. The Morgan fingerprint density at radius 3 is 1.90 bits per heavy atom. The van der Waals surface area contributed by atoms with Crippen molar-refractivity contribution in [1.82, 2.24) is 10.2 Å². The van der Waals surface area contributed by atoms with E-state index in [0.29, 0.717) is 6.42 Å². The zero-order chi connectivity index (χ0) is 27.2. The lowest BCUT2D eigenvalue weighted by molar-refractivity contribution is -0.124. The third kappa shape index (κ3) is 5.78. The molecule has 0 saturated carbocycles. The van der Waals surface area contributed by atoms with Gasteiger partial charge in [-0.15, -0.1) is 0 Å². The van der Waals surface area contributed by atoms with Gasteiger partial charge in [-0.05, 0) is 41.3 Å². The number of carbonyl (C=O) groups excluding carboxylic acids is 4. The van der Waals surface area contributed by atoms with E-state index in [2.05, 4.69) is 5.32 Å². The summed E-state index contributed by atoms with van der Waals surface area (Å²) in [6.45, 7) is -0.261. The van der Waals surface area contributed by atoms with E-state index in [9.17, 15) is 19.2 Å². The molecular weight excluding hydrogens is 492 g/mol. The van der Waals surface area contributed by atoms with Crippen molar-refractivity contribution in [1.29, 1.82) is 0 Å². The minimum absolute atomic E-state index is 0.0929. The third-order valence-electron chi connectivity index (χ3n) is 6.58. The van der Waals surface area contributed by atoms with Gasteiger partial charge in [-0.3, -0.25) is 19.3 Å². The van der Waals surface area contributed by atoms with Crippen LogP contribution in [0.25, 0.3) is 0 Å². The molecule has 1 N–H and O–H groups in total. The Bertz CT molecular complexity index is 1460. The smallest absolute Gasteiger partial charge is 0.338 e. The van der Waals surface area contributed by atoms with Gasteiger partial charge in [-0.25, -0.2) is 4.79 Å². The number of nitrogens with one attached hydrogen (secondary N) is 1. The molecule has 194 valence electrons. The van der Waals surface area contributed by atoms with Gasteiger partial charge in [0.25, 0.3) is 17.7 Å². The Morgan fingerprint density at radius 2 is 1.28 bits per heavy atom. The first-order valence-corrected chi connectivity index (χ1v) is 12.6. The highest BCUT2D eigenvalue weighted by atomic mass is 16.5. The first kappa shape index (κ1) is 25.6. The number of fused-ring (bicyclic) bond motifs is 1. The van der Waals surface area contributed by atoms with Crippen LogP contribution in [0.1, 0.15) is 53.8 Å². The maximum atomic E-state index is 12.9. The molecule has 0 atom stereocenters. The highest BCUT2D eigenvalue weighted by Crippen LogP contribution is 2.25. The predicted octanol–water partition coefficient (Wildman–Crippen LogP) is 4.59. The second-order valence-electron chi connectivity index (χ2n) is 9.16. The van der Waals surface area contributed by atoms with Crippen LogP contribution in [-0.2, 0) is 16.0 Å². The predicted molar refractivity (Wildman–Crippen MR) is 145 cm³/mol. The molecule has 4 aromatic carbocycles. The summed E-state index contributed by atoms with van der Waals surface area (Å²) < 4.78 is 5.26. The fourth-order valence-electron chi connectivity index (χ4n) is 4.57. The summed E-state index contributed by atoms with van der Waals surface area (Å²) >= 11 is 0. The van der Waals surface area contributed by atoms with Crippen LogP contribution in [0.5, 0.6) is 0 Å². The second kappa shape index (κ2) is 11.6. The molecule has 0 bridgehead atoms. The topological polar surface area (TPSA) is 92.8 Å². The Hall–Kier alpha value is -5.04. The normalized spacial score (nSPS) is 12.4. The summed E-state index contributed by atoms with van der Waals surface area (Å²) in [7, 11) is 0. The molecule has 0 saturated heterocycles. The second-order valence-corrected chi connectivity index (χ2v) is 9.16. The summed E-state index contributed by atoms with van der Waals surface area (Å²) in [5.74, 6) is -2.07. The molecule has 39 heavy (non-hydrogen) atoms. The van der Waals surface area contributed by atoms with Crippen LogP contribution in [0.4, 0.5) is 0 Å². The molecule has 0 aliphatic carbocycles. The monoisotopic (exact) mass is 518 g/mol. The highest BCUT2D eigenvalue weighted by molar-refractivity contribution is 6.22. The average Bonchev–Trinajstić information content (AvgIpc) is 3.23. The minimum atomic E-state index is -0.757. The van der Waals surface area contributed by atoms with E-state index in [0.717, 1.165) is 16.7 Å². The maximum Gasteiger partial charge on any atom is 0.338 e. The van der Waals surface area contributed by atoms with E-state index in [4.69, 9.17) is 4.74 Å². The van der Waals surface area contributed by atoms with E-state index >= 15 is 0 Å². The summed E-state index contributed by atoms with van der Waals surface area (Å²) in [6, 6.07) is 32.4. The molecule has 0 spiro atoms. The zero-order valence-corrected chi connectivity index (χ0v) is 21.1. The zero-order valence-electron chi connectivity index (χ0n) is 21.1. The largest absolute Gasteiger partial charge is 0.452 e. The van der Waals surface area contributed by atoms with E-state index < -0.39 is 36.3 Å². The average molecular weight is 519 g/mol. The van der Waals surface area contributed by atoms with E-state index in [1.807, 2.05) is 91.0 Å². The number of esters is 1. The quantitative estimate of drug-likeness (QED) is 0.259. The molecule has 3 amide bonds. The summed E-state index contributed by atoms with van der Waals surface area (Å²) in [5, 5.41) is 2.92. The van der Waals surface area contributed by atoms with Gasteiger partial charge in [-0.1, -0.05) is 91.0 Å². The van der Waals surface area contributed by atoms with Crippen molar-refractivity contribution >= 4 is 23.7 Å². The Balaban J connectivity index is 1.22. The van der Waals surface area contributed by atoms with Crippen LogP contribution in [0.3, 0.4) is 0 Å². The molecule has 0 fully saturated rings. The van der Waals surface area contributed by atoms with Crippen molar-refractivity contribution in [2.45, 2.75) is 12.5 Å². The summed E-state index contributed by atoms with van der Waals surface area (Å²) in [5.41, 5.74) is 3.29. The molecule has 0 unspecified atom stereocenters. The molecular formula is C32H26N2O5. The van der Waals surface area contributed by atoms with Gasteiger partial charge in [-0.2, -0.15) is 0 Å². The number of nitrogens with zero attached hydrogens (tertiary/aromatic N) is 1. The van der Waals surface area contributed by atoms with Crippen LogP contribution < -0.4 is 5.32 Å².